The minimum absolute atomic E-state index is 0.0114. The number of hydrogen-bond acceptors (Lipinski definition) is 4. The predicted molar refractivity (Wildman–Crippen MR) is 147 cm³/mol. The molecule has 7 nitrogen and oxygen atoms in total. The van der Waals surface area contributed by atoms with Gasteiger partial charge in [-0.25, -0.2) is 4.98 Å². The van der Waals surface area contributed by atoms with Gasteiger partial charge in [-0.15, -0.1) is 0 Å². The number of aryl methyl sites for hydroxylation is 5. The van der Waals surface area contributed by atoms with Crippen molar-refractivity contribution in [2.75, 3.05) is 16.8 Å². The number of carbonyl (C=O) groups excluding carboxylic acids is 2. The standard InChI is InChI=1S/C30H33N5O2/c1-6-21-11-9-12-22(7-2)29(21)34-17-23(16-27(34)36)30(37)32-26-15-20(5)33-35(26)25-14-19(4)24-13-8-10-18(3)28(24)31-25/h8-15,23H,6-7,16-17H2,1-5H3,(H,32,37). The summed E-state index contributed by atoms with van der Waals surface area (Å²) in [5.41, 5.74) is 7.10. The third-order valence-electron chi connectivity index (χ3n) is 7.27. The Labute approximate surface area is 217 Å². The Morgan fingerprint density at radius 1 is 1.00 bits per heavy atom. The molecule has 1 atom stereocenters. The molecule has 37 heavy (non-hydrogen) atoms. The van der Waals surface area contributed by atoms with Crippen LogP contribution in [0.3, 0.4) is 0 Å². The van der Waals surface area contributed by atoms with E-state index in [9.17, 15) is 9.59 Å². The Hall–Kier alpha value is -4.00. The Balaban J connectivity index is 1.43. The molecule has 1 fully saturated rings. The lowest BCUT2D eigenvalue weighted by molar-refractivity contribution is -0.122. The van der Waals surface area contributed by atoms with Crippen molar-refractivity contribution in [1.82, 2.24) is 14.8 Å². The number of hydrogen-bond donors (Lipinski definition) is 1. The zero-order chi connectivity index (χ0) is 26.3. The number of nitrogens with one attached hydrogen (secondary N) is 1. The van der Waals surface area contributed by atoms with Crippen molar-refractivity contribution in [2.24, 2.45) is 5.92 Å². The molecule has 2 amide bonds. The first-order valence-corrected chi connectivity index (χ1v) is 13.0. The lowest BCUT2D eigenvalue weighted by Crippen LogP contribution is -2.30. The normalized spacial score (nSPS) is 15.5. The van der Waals surface area contributed by atoms with Gasteiger partial charge in [-0.3, -0.25) is 9.59 Å². The van der Waals surface area contributed by atoms with Crippen LogP contribution in [0.5, 0.6) is 0 Å². The van der Waals surface area contributed by atoms with E-state index in [2.05, 4.69) is 49.4 Å². The molecule has 4 aromatic rings. The quantitative estimate of drug-likeness (QED) is 0.385. The lowest BCUT2D eigenvalue weighted by atomic mass is 10.0. The van der Waals surface area contributed by atoms with Crippen LogP contribution in [0.25, 0.3) is 16.7 Å². The van der Waals surface area contributed by atoms with Crippen molar-refractivity contribution in [2.45, 2.75) is 53.9 Å². The van der Waals surface area contributed by atoms with Gasteiger partial charge in [0, 0.05) is 30.1 Å². The van der Waals surface area contributed by atoms with E-state index in [4.69, 9.17) is 4.98 Å². The van der Waals surface area contributed by atoms with Crippen molar-refractivity contribution < 1.29 is 9.59 Å². The first kappa shape index (κ1) is 24.7. The molecular weight excluding hydrogens is 462 g/mol. The molecule has 0 bridgehead atoms. The molecule has 190 valence electrons. The van der Waals surface area contributed by atoms with Crippen molar-refractivity contribution in [1.29, 1.82) is 0 Å². The summed E-state index contributed by atoms with van der Waals surface area (Å²) in [6, 6.07) is 16.1. The van der Waals surface area contributed by atoms with Gasteiger partial charge in [0.2, 0.25) is 11.8 Å². The Kier molecular flexibility index (Phi) is 6.54. The molecule has 0 spiro atoms. The van der Waals surface area contributed by atoms with Gasteiger partial charge >= 0.3 is 0 Å². The summed E-state index contributed by atoms with van der Waals surface area (Å²) in [6.07, 6.45) is 1.85. The number of aromatic nitrogens is 3. The van der Waals surface area contributed by atoms with Crippen LogP contribution in [0.15, 0.2) is 48.5 Å². The van der Waals surface area contributed by atoms with Crippen LogP contribution in [-0.4, -0.2) is 33.1 Å². The number of carbonyl (C=O) groups is 2. The van der Waals surface area contributed by atoms with E-state index in [1.54, 1.807) is 4.68 Å². The Morgan fingerprint density at radius 2 is 1.70 bits per heavy atom. The average Bonchev–Trinajstić information content (AvgIpc) is 3.45. The summed E-state index contributed by atoms with van der Waals surface area (Å²) in [5, 5.41) is 8.77. The monoisotopic (exact) mass is 495 g/mol. The lowest BCUT2D eigenvalue weighted by Gasteiger charge is -2.23. The largest absolute Gasteiger partial charge is 0.311 e. The van der Waals surface area contributed by atoms with E-state index in [1.165, 1.54) is 0 Å². The molecule has 0 aliphatic carbocycles. The first-order valence-electron chi connectivity index (χ1n) is 13.0. The van der Waals surface area contributed by atoms with E-state index in [0.717, 1.165) is 57.4 Å². The maximum absolute atomic E-state index is 13.4. The van der Waals surface area contributed by atoms with Gasteiger partial charge in [0.15, 0.2) is 5.82 Å². The fourth-order valence-electron chi connectivity index (χ4n) is 5.30. The van der Waals surface area contributed by atoms with Crippen LogP contribution >= 0.6 is 0 Å². The third-order valence-corrected chi connectivity index (χ3v) is 7.27. The molecule has 0 saturated carbocycles. The number of fused-ring (bicyclic) bond motifs is 1. The maximum Gasteiger partial charge on any atom is 0.230 e. The van der Waals surface area contributed by atoms with Crippen LogP contribution in [0.2, 0.25) is 0 Å². The average molecular weight is 496 g/mol. The van der Waals surface area contributed by atoms with Gasteiger partial charge in [0.1, 0.15) is 5.82 Å². The van der Waals surface area contributed by atoms with Gasteiger partial charge < -0.3 is 10.2 Å². The van der Waals surface area contributed by atoms with E-state index >= 15 is 0 Å². The van der Waals surface area contributed by atoms with Crippen molar-refractivity contribution in [3.05, 3.63) is 76.5 Å². The number of pyridine rings is 1. The minimum Gasteiger partial charge on any atom is -0.311 e. The van der Waals surface area contributed by atoms with E-state index < -0.39 is 5.92 Å². The number of nitrogens with zero attached hydrogens (tertiary/aromatic N) is 4. The summed E-state index contributed by atoms with van der Waals surface area (Å²) < 4.78 is 1.68. The number of anilines is 2. The summed E-state index contributed by atoms with van der Waals surface area (Å²) in [5.74, 6) is 0.562. The SMILES string of the molecule is CCc1cccc(CC)c1N1CC(C(=O)Nc2cc(C)nn2-c2cc(C)c3cccc(C)c3n2)CC1=O. The number of amides is 2. The molecule has 1 saturated heterocycles. The molecule has 5 rings (SSSR count). The molecule has 1 N–H and O–H groups in total. The van der Waals surface area contributed by atoms with Crippen LogP contribution in [-0.2, 0) is 22.4 Å². The highest BCUT2D eigenvalue weighted by molar-refractivity contribution is 6.04. The number of para-hydroxylation sites is 2. The molecule has 7 heteroatoms. The molecule has 2 aromatic heterocycles. The predicted octanol–water partition coefficient (Wildman–Crippen LogP) is 5.46. The Morgan fingerprint density at radius 3 is 2.41 bits per heavy atom. The highest BCUT2D eigenvalue weighted by Gasteiger charge is 2.37. The number of benzene rings is 2. The molecule has 1 aliphatic rings. The van der Waals surface area contributed by atoms with Crippen LogP contribution < -0.4 is 10.2 Å². The van der Waals surface area contributed by atoms with Gasteiger partial charge in [-0.05, 0) is 61.9 Å². The van der Waals surface area contributed by atoms with Gasteiger partial charge in [0.25, 0.3) is 0 Å². The zero-order valence-corrected chi connectivity index (χ0v) is 22.1. The molecule has 1 unspecified atom stereocenters. The van der Waals surface area contributed by atoms with Crippen molar-refractivity contribution >= 4 is 34.2 Å². The minimum atomic E-state index is -0.445. The summed E-state index contributed by atoms with van der Waals surface area (Å²) >= 11 is 0. The highest BCUT2D eigenvalue weighted by Crippen LogP contribution is 2.33. The summed E-state index contributed by atoms with van der Waals surface area (Å²) in [6.45, 7) is 10.5. The molecule has 2 aromatic carbocycles. The van der Waals surface area contributed by atoms with Gasteiger partial charge in [0.05, 0.1) is 17.1 Å². The smallest absolute Gasteiger partial charge is 0.230 e. The number of rotatable bonds is 6. The zero-order valence-electron chi connectivity index (χ0n) is 22.1. The molecular formula is C30H33N5O2. The second-order valence-corrected chi connectivity index (χ2v) is 9.88. The third kappa shape index (κ3) is 4.50. The van der Waals surface area contributed by atoms with E-state index in [0.29, 0.717) is 18.2 Å². The molecule has 1 aliphatic heterocycles. The Bertz CT molecular complexity index is 1500. The highest BCUT2D eigenvalue weighted by atomic mass is 16.2. The maximum atomic E-state index is 13.4. The first-order chi connectivity index (χ1) is 17.8. The van der Waals surface area contributed by atoms with Crippen LogP contribution in [0.1, 0.15) is 48.2 Å². The van der Waals surface area contributed by atoms with Crippen LogP contribution in [0, 0.1) is 26.7 Å². The topological polar surface area (TPSA) is 80.1 Å². The molecule has 0 radical (unpaired) electrons. The fraction of sp³-hybridized carbons (Fsp3) is 0.333. The molecule has 3 heterocycles. The van der Waals surface area contributed by atoms with Crippen molar-refractivity contribution in [3.63, 3.8) is 0 Å². The van der Waals surface area contributed by atoms with Crippen molar-refractivity contribution in [3.8, 4) is 5.82 Å². The van der Waals surface area contributed by atoms with Gasteiger partial charge in [-0.2, -0.15) is 9.78 Å². The second-order valence-electron chi connectivity index (χ2n) is 9.88. The van der Waals surface area contributed by atoms with E-state index in [-0.39, 0.29) is 18.2 Å². The van der Waals surface area contributed by atoms with Crippen LogP contribution in [0.4, 0.5) is 11.5 Å². The second kappa shape index (κ2) is 9.81. The van der Waals surface area contributed by atoms with E-state index in [1.807, 2.05) is 49.1 Å². The summed E-state index contributed by atoms with van der Waals surface area (Å²) in [7, 11) is 0. The fourth-order valence-corrected chi connectivity index (χ4v) is 5.30. The summed E-state index contributed by atoms with van der Waals surface area (Å²) in [4.78, 5) is 33.2. The van der Waals surface area contributed by atoms with Gasteiger partial charge in [-0.1, -0.05) is 50.2 Å².